The standard InChI is InChI=1S/C17H14ClN3O3S2/c1-11(22)19-13-7-8-16(14(18)9-13)26(23,24)21-17-20-15(10-25-17)12-5-3-2-4-6-12/h2-10H,1H3,(H,19,22)(H,20,21). The molecule has 0 saturated heterocycles. The Labute approximate surface area is 159 Å². The molecule has 0 aliphatic heterocycles. The summed E-state index contributed by atoms with van der Waals surface area (Å²) < 4.78 is 27.6. The number of anilines is 2. The molecule has 6 nitrogen and oxygen atoms in total. The minimum absolute atomic E-state index is 0.00332. The van der Waals surface area contributed by atoms with Crippen LogP contribution in [0.3, 0.4) is 0 Å². The third-order valence-corrected chi connectivity index (χ3v) is 6.05. The molecule has 0 saturated carbocycles. The first-order chi connectivity index (χ1) is 12.3. The number of nitrogens with zero attached hydrogens (tertiary/aromatic N) is 1. The summed E-state index contributed by atoms with van der Waals surface area (Å²) in [5, 5.41) is 4.56. The molecular formula is C17H14ClN3O3S2. The number of carbonyl (C=O) groups is 1. The normalized spacial score (nSPS) is 11.2. The van der Waals surface area contributed by atoms with Gasteiger partial charge in [0.2, 0.25) is 5.91 Å². The molecule has 2 N–H and O–H groups in total. The lowest BCUT2D eigenvalue weighted by Gasteiger charge is -2.09. The third kappa shape index (κ3) is 4.21. The number of benzene rings is 2. The van der Waals surface area contributed by atoms with Gasteiger partial charge in [-0.3, -0.25) is 9.52 Å². The lowest BCUT2D eigenvalue weighted by molar-refractivity contribution is -0.114. The molecule has 0 atom stereocenters. The SMILES string of the molecule is CC(=O)Nc1ccc(S(=O)(=O)Nc2nc(-c3ccccc3)cs2)c(Cl)c1. The Morgan fingerprint density at radius 1 is 1.15 bits per heavy atom. The summed E-state index contributed by atoms with van der Waals surface area (Å²) in [5.41, 5.74) is 1.99. The van der Waals surface area contributed by atoms with Crippen LogP contribution in [-0.2, 0) is 14.8 Å². The summed E-state index contributed by atoms with van der Waals surface area (Å²) in [6.07, 6.45) is 0. The first kappa shape index (κ1) is 18.4. The van der Waals surface area contributed by atoms with E-state index in [0.29, 0.717) is 11.4 Å². The van der Waals surface area contributed by atoms with Crippen molar-refractivity contribution in [3.8, 4) is 11.3 Å². The van der Waals surface area contributed by atoms with E-state index in [4.69, 9.17) is 11.6 Å². The topological polar surface area (TPSA) is 88.2 Å². The monoisotopic (exact) mass is 407 g/mol. The number of hydrogen-bond donors (Lipinski definition) is 2. The van der Waals surface area contributed by atoms with Crippen molar-refractivity contribution in [3.63, 3.8) is 0 Å². The van der Waals surface area contributed by atoms with Crippen LogP contribution >= 0.6 is 22.9 Å². The number of hydrogen-bond acceptors (Lipinski definition) is 5. The third-order valence-electron chi connectivity index (χ3n) is 3.34. The Hall–Kier alpha value is -2.42. The van der Waals surface area contributed by atoms with Gasteiger partial charge >= 0.3 is 0 Å². The number of halogens is 1. The van der Waals surface area contributed by atoms with Crippen molar-refractivity contribution >= 4 is 49.7 Å². The van der Waals surface area contributed by atoms with Crippen LogP contribution < -0.4 is 10.0 Å². The van der Waals surface area contributed by atoms with Gasteiger partial charge in [-0.05, 0) is 18.2 Å². The molecule has 2 aromatic carbocycles. The zero-order chi connectivity index (χ0) is 18.7. The van der Waals surface area contributed by atoms with E-state index in [1.807, 2.05) is 30.3 Å². The van der Waals surface area contributed by atoms with Crippen LogP contribution in [-0.4, -0.2) is 19.3 Å². The predicted octanol–water partition coefficient (Wildman–Crippen LogP) is 4.22. The van der Waals surface area contributed by atoms with Crippen LogP contribution in [0.4, 0.5) is 10.8 Å². The molecule has 26 heavy (non-hydrogen) atoms. The smallest absolute Gasteiger partial charge is 0.265 e. The number of thiazole rings is 1. The molecule has 0 radical (unpaired) electrons. The van der Waals surface area contributed by atoms with Gasteiger partial charge < -0.3 is 5.32 Å². The van der Waals surface area contributed by atoms with Gasteiger partial charge in [0, 0.05) is 23.6 Å². The van der Waals surface area contributed by atoms with E-state index < -0.39 is 10.0 Å². The summed E-state index contributed by atoms with van der Waals surface area (Å²) in [6.45, 7) is 1.35. The molecule has 0 aliphatic carbocycles. The molecule has 0 aliphatic rings. The number of amides is 1. The molecule has 1 aromatic heterocycles. The molecule has 9 heteroatoms. The first-order valence-electron chi connectivity index (χ1n) is 7.46. The van der Waals surface area contributed by atoms with Crippen LogP contribution in [0.25, 0.3) is 11.3 Å². The van der Waals surface area contributed by atoms with Gasteiger partial charge in [-0.15, -0.1) is 11.3 Å². The summed E-state index contributed by atoms with van der Waals surface area (Å²) >= 11 is 7.26. The van der Waals surface area contributed by atoms with E-state index >= 15 is 0 Å². The van der Waals surface area contributed by atoms with Crippen LogP contribution in [0.1, 0.15) is 6.92 Å². The molecule has 3 aromatic rings. The van der Waals surface area contributed by atoms with Crippen molar-refractivity contribution < 1.29 is 13.2 Å². The van der Waals surface area contributed by atoms with E-state index in [1.165, 1.54) is 36.5 Å². The fourth-order valence-corrected chi connectivity index (χ4v) is 4.75. The minimum atomic E-state index is -3.90. The van der Waals surface area contributed by atoms with E-state index in [-0.39, 0.29) is 21.0 Å². The fourth-order valence-electron chi connectivity index (χ4n) is 2.23. The molecule has 1 heterocycles. The number of aromatic nitrogens is 1. The van der Waals surface area contributed by atoms with Gasteiger partial charge in [-0.2, -0.15) is 0 Å². The maximum atomic E-state index is 12.6. The first-order valence-corrected chi connectivity index (χ1v) is 10.2. The van der Waals surface area contributed by atoms with Gasteiger partial charge in [0.05, 0.1) is 10.7 Å². The highest BCUT2D eigenvalue weighted by Gasteiger charge is 2.20. The molecule has 134 valence electrons. The maximum Gasteiger partial charge on any atom is 0.265 e. The van der Waals surface area contributed by atoms with Crippen molar-refractivity contribution in [2.45, 2.75) is 11.8 Å². The van der Waals surface area contributed by atoms with Gasteiger partial charge in [-0.1, -0.05) is 41.9 Å². The number of nitrogens with one attached hydrogen (secondary N) is 2. The van der Waals surface area contributed by atoms with E-state index in [9.17, 15) is 13.2 Å². The van der Waals surface area contributed by atoms with Crippen molar-refractivity contribution in [2.24, 2.45) is 0 Å². The number of carbonyl (C=O) groups excluding carboxylic acids is 1. The number of rotatable bonds is 5. The quantitative estimate of drug-likeness (QED) is 0.662. The molecule has 0 bridgehead atoms. The van der Waals surface area contributed by atoms with E-state index in [2.05, 4.69) is 15.0 Å². The van der Waals surface area contributed by atoms with Crippen molar-refractivity contribution in [2.75, 3.05) is 10.0 Å². The van der Waals surface area contributed by atoms with Crippen LogP contribution in [0.15, 0.2) is 58.8 Å². The lowest BCUT2D eigenvalue weighted by atomic mass is 10.2. The Balaban J connectivity index is 1.83. The Morgan fingerprint density at radius 3 is 2.54 bits per heavy atom. The zero-order valence-electron chi connectivity index (χ0n) is 13.6. The highest BCUT2D eigenvalue weighted by atomic mass is 35.5. The lowest BCUT2D eigenvalue weighted by Crippen LogP contribution is -2.14. The molecular weight excluding hydrogens is 394 g/mol. The van der Waals surface area contributed by atoms with E-state index in [1.54, 1.807) is 5.38 Å². The highest BCUT2D eigenvalue weighted by molar-refractivity contribution is 7.93. The second kappa shape index (κ2) is 7.45. The summed E-state index contributed by atoms with van der Waals surface area (Å²) in [7, 11) is -3.90. The Kier molecular flexibility index (Phi) is 5.26. The van der Waals surface area contributed by atoms with Crippen LogP contribution in [0, 0.1) is 0 Å². The maximum absolute atomic E-state index is 12.6. The predicted molar refractivity (Wildman–Crippen MR) is 104 cm³/mol. The average molecular weight is 408 g/mol. The van der Waals surface area contributed by atoms with Gasteiger partial charge in [0.25, 0.3) is 10.0 Å². The highest BCUT2D eigenvalue weighted by Crippen LogP contribution is 2.29. The van der Waals surface area contributed by atoms with Gasteiger partial charge in [0.1, 0.15) is 4.90 Å². The van der Waals surface area contributed by atoms with Crippen LogP contribution in [0.2, 0.25) is 5.02 Å². The molecule has 0 unspecified atom stereocenters. The second-order valence-corrected chi connectivity index (χ2v) is 8.25. The van der Waals surface area contributed by atoms with Crippen molar-refractivity contribution in [1.82, 2.24) is 4.98 Å². The average Bonchev–Trinajstić information content (AvgIpc) is 3.02. The van der Waals surface area contributed by atoms with Crippen molar-refractivity contribution in [1.29, 1.82) is 0 Å². The molecule has 1 amide bonds. The van der Waals surface area contributed by atoms with Gasteiger partial charge in [0.15, 0.2) is 5.13 Å². The molecule has 0 spiro atoms. The Morgan fingerprint density at radius 2 is 1.88 bits per heavy atom. The number of sulfonamides is 1. The minimum Gasteiger partial charge on any atom is -0.326 e. The van der Waals surface area contributed by atoms with Crippen molar-refractivity contribution in [3.05, 3.63) is 58.9 Å². The van der Waals surface area contributed by atoms with Gasteiger partial charge in [-0.25, -0.2) is 13.4 Å². The zero-order valence-corrected chi connectivity index (χ0v) is 16.0. The van der Waals surface area contributed by atoms with Crippen LogP contribution in [0.5, 0.6) is 0 Å². The summed E-state index contributed by atoms with van der Waals surface area (Å²) in [5.74, 6) is -0.272. The summed E-state index contributed by atoms with van der Waals surface area (Å²) in [4.78, 5) is 15.3. The summed E-state index contributed by atoms with van der Waals surface area (Å²) in [6, 6.07) is 13.6. The molecule has 0 fully saturated rings. The Bertz CT molecular complexity index is 1050. The second-order valence-electron chi connectivity index (χ2n) is 5.34. The van der Waals surface area contributed by atoms with E-state index in [0.717, 1.165) is 5.56 Å². The largest absolute Gasteiger partial charge is 0.326 e. The molecule has 3 rings (SSSR count). The fraction of sp³-hybridized carbons (Fsp3) is 0.0588.